The van der Waals surface area contributed by atoms with Gasteiger partial charge in [0, 0.05) is 0 Å². The fourth-order valence-electron chi connectivity index (χ4n) is 2.93. The van der Waals surface area contributed by atoms with E-state index in [0.29, 0.717) is 11.7 Å². The van der Waals surface area contributed by atoms with E-state index < -0.39 is 6.10 Å². The Morgan fingerprint density at radius 2 is 2.14 bits per heavy atom. The van der Waals surface area contributed by atoms with Gasteiger partial charge in [0.25, 0.3) is 0 Å². The quantitative estimate of drug-likeness (QED) is 0.735. The van der Waals surface area contributed by atoms with Crippen LogP contribution in [0, 0.1) is 17.8 Å². The molecule has 3 atom stereocenters. The molecule has 5 nitrogen and oxygen atoms in total. The van der Waals surface area contributed by atoms with Crippen LogP contribution in [-0.4, -0.2) is 25.3 Å². The lowest BCUT2D eigenvalue weighted by atomic mass is 10.1. The molecule has 1 N–H and O–H groups in total. The Kier molecular flexibility index (Phi) is 1.65. The normalized spacial score (nSPS) is 36.9. The molecule has 0 saturated heterocycles. The lowest BCUT2D eigenvalue weighted by Crippen LogP contribution is -2.07. The van der Waals surface area contributed by atoms with Crippen molar-refractivity contribution in [1.82, 2.24) is 20.2 Å². The zero-order valence-corrected chi connectivity index (χ0v) is 8.17. The average Bonchev–Trinajstić information content (AvgIpc) is 2.56. The molecule has 76 valence electrons. The number of aliphatic hydroxyl groups excluding tert-OH is 1. The maximum atomic E-state index is 10.0. The van der Waals surface area contributed by atoms with Gasteiger partial charge in [0.05, 0.1) is 7.05 Å². The largest absolute Gasteiger partial charge is 0.385 e. The Morgan fingerprint density at radius 3 is 2.71 bits per heavy atom. The fourth-order valence-corrected chi connectivity index (χ4v) is 2.93. The molecule has 3 rings (SSSR count). The molecular weight excluding hydrogens is 180 g/mol. The minimum absolute atomic E-state index is 0.410. The van der Waals surface area contributed by atoms with Gasteiger partial charge in [-0.25, -0.2) is 0 Å². The minimum Gasteiger partial charge on any atom is -0.385 e. The molecule has 3 unspecified atom stereocenters. The van der Waals surface area contributed by atoms with E-state index in [9.17, 15) is 5.11 Å². The number of rotatable bonds is 2. The molecule has 1 aromatic rings. The van der Waals surface area contributed by atoms with Crippen LogP contribution in [0.5, 0.6) is 0 Å². The lowest BCUT2D eigenvalue weighted by molar-refractivity contribution is 0.127. The molecule has 0 amide bonds. The van der Waals surface area contributed by atoms with Crippen LogP contribution in [0.1, 0.15) is 31.2 Å². The van der Waals surface area contributed by atoms with Crippen molar-refractivity contribution < 1.29 is 5.11 Å². The van der Waals surface area contributed by atoms with Gasteiger partial charge in [0.15, 0.2) is 0 Å². The third kappa shape index (κ3) is 1.08. The molecule has 2 aliphatic rings. The summed E-state index contributed by atoms with van der Waals surface area (Å²) < 4.78 is 0. The van der Waals surface area contributed by atoms with Gasteiger partial charge in [-0.05, 0) is 35.8 Å². The zero-order chi connectivity index (χ0) is 9.71. The topological polar surface area (TPSA) is 63.8 Å². The number of aromatic nitrogens is 4. The van der Waals surface area contributed by atoms with E-state index in [1.54, 1.807) is 7.05 Å². The van der Waals surface area contributed by atoms with Crippen molar-refractivity contribution in [1.29, 1.82) is 0 Å². The van der Waals surface area contributed by atoms with Crippen LogP contribution in [-0.2, 0) is 7.05 Å². The molecule has 0 spiro atoms. The summed E-state index contributed by atoms with van der Waals surface area (Å²) in [4.78, 5) is 1.40. The number of nitrogens with zero attached hydrogens (tertiary/aromatic N) is 4. The van der Waals surface area contributed by atoms with Gasteiger partial charge in [-0.1, -0.05) is 6.42 Å². The summed E-state index contributed by atoms with van der Waals surface area (Å²) in [7, 11) is 1.72. The van der Waals surface area contributed by atoms with Gasteiger partial charge in [-0.2, -0.15) is 4.80 Å². The Labute approximate surface area is 82.1 Å². The summed E-state index contributed by atoms with van der Waals surface area (Å²) in [5.74, 6) is 2.36. The van der Waals surface area contributed by atoms with Crippen LogP contribution in [0.15, 0.2) is 0 Å². The number of hydrogen-bond acceptors (Lipinski definition) is 4. The zero-order valence-electron chi connectivity index (χ0n) is 8.17. The van der Waals surface area contributed by atoms with Crippen LogP contribution in [0.25, 0.3) is 0 Å². The molecule has 1 aromatic heterocycles. The molecule has 5 heteroatoms. The SMILES string of the molecule is Cn1nnc(C(O)C2C3CCCC32)n1. The summed E-state index contributed by atoms with van der Waals surface area (Å²) in [6.45, 7) is 0. The number of hydrogen-bond donors (Lipinski definition) is 1. The van der Waals surface area contributed by atoms with Crippen molar-refractivity contribution >= 4 is 0 Å². The summed E-state index contributed by atoms with van der Waals surface area (Å²) >= 11 is 0. The second-order valence-electron chi connectivity index (χ2n) is 4.42. The molecule has 14 heavy (non-hydrogen) atoms. The number of aliphatic hydroxyl groups is 1. The third-order valence-electron chi connectivity index (χ3n) is 3.63. The van der Waals surface area contributed by atoms with Gasteiger partial charge in [-0.15, -0.1) is 10.2 Å². The first-order valence-electron chi connectivity index (χ1n) is 5.19. The smallest absolute Gasteiger partial charge is 0.203 e. The van der Waals surface area contributed by atoms with E-state index in [1.165, 1.54) is 24.1 Å². The average molecular weight is 194 g/mol. The predicted octanol–water partition coefficient (Wildman–Crippen LogP) is 0.290. The lowest BCUT2D eigenvalue weighted by Gasteiger charge is -2.07. The highest BCUT2D eigenvalue weighted by Crippen LogP contribution is 2.61. The standard InChI is InChI=1S/C9H14N4O/c1-13-11-9(10-12-13)8(14)7-5-3-2-4-6(5)7/h5-8,14H,2-4H2,1H3. The Bertz CT molecular complexity index is 340. The van der Waals surface area contributed by atoms with Gasteiger partial charge >= 0.3 is 0 Å². The summed E-state index contributed by atoms with van der Waals surface area (Å²) in [5.41, 5.74) is 0. The summed E-state index contributed by atoms with van der Waals surface area (Å²) in [6.07, 6.45) is 3.38. The number of tetrazole rings is 1. The van der Waals surface area contributed by atoms with Crippen LogP contribution in [0.3, 0.4) is 0 Å². The van der Waals surface area contributed by atoms with Crippen molar-refractivity contribution in [3.05, 3.63) is 5.82 Å². The highest BCUT2D eigenvalue weighted by molar-refractivity contribution is 5.08. The van der Waals surface area contributed by atoms with Crippen molar-refractivity contribution in [2.75, 3.05) is 0 Å². The molecule has 0 radical (unpaired) electrons. The van der Waals surface area contributed by atoms with Gasteiger partial charge in [0.2, 0.25) is 5.82 Å². The predicted molar refractivity (Wildman–Crippen MR) is 48.1 cm³/mol. The first kappa shape index (κ1) is 8.35. The number of aryl methyl sites for hydroxylation is 1. The van der Waals surface area contributed by atoms with Crippen molar-refractivity contribution in [2.24, 2.45) is 24.8 Å². The van der Waals surface area contributed by atoms with E-state index in [0.717, 1.165) is 11.8 Å². The molecule has 0 bridgehead atoms. The molecule has 0 aliphatic heterocycles. The molecule has 2 fully saturated rings. The van der Waals surface area contributed by atoms with Crippen LogP contribution in [0.2, 0.25) is 0 Å². The van der Waals surface area contributed by atoms with Crippen molar-refractivity contribution in [3.63, 3.8) is 0 Å². The van der Waals surface area contributed by atoms with Crippen molar-refractivity contribution in [3.8, 4) is 0 Å². The molecule has 0 aromatic carbocycles. The van der Waals surface area contributed by atoms with E-state index in [-0.39, 0.29) is 0 Å². The van der Waals surface area contributed by atoms with E-state index >= 15 is 0 Å². The Hall–Kier alpha value is -0.970. The monoisotopic (exact) mass is 194 g/mol. The highest BCUT2D eigenvalue weighted by Gasteiger charge is 2.56. The molecule has 1 heterocycles. The Morgan fingerprint density at radius 1 is 1.43 bits per heavy atom. The molecular formula is C9H14N4O. The van der Waals surface area contributed by atoms with Gasteiger partial charge in [-0.3, -0.25) is 0 Å². The molecule has 2 aliphatic carbocycles. The minimum atomic E-state index is -0.487. The first-order chi connectivity index (χ1) is 6.77. The molecule has 2 saturated carbocycles. The second kappa shape index (κ2) is 2.76. The summed E-state index contributed by atoms with van der Waals surface area (Å²) in [6, 6.07) is 0. The van der Waals surface area contributed by atoms with Gasteiger partial charge in [0.1, 0.15) is 6.10 Å². The maximum Gasteiger partial charge on any atom is 0.203 e. The van der Waals surface area contributed by atoms with Crippen LogP contribution in [0.4, 0.5) is 0 Å². The third-order valence-corrected chi connectivity index (χ3v) is 3.63. The first-order valence-corrected chi connectivity index (χ1v) is 5.19. The van der Waals surface area contributed by atoms with Crippen LogP contribution < -0.4 is 0 Å². The van der Waals surface area contributed by atoms with Crippen molar-refractivity contribution in [2.45, 2.75) is 25.4 Å². The Balaban J connectivity index is 1.75. The van der Waals surface area contributed by atoms with Crippen LogP contribution >= 0.6 is 0 Å². The van der Waals surface area contributed by atoms with E-state index in [1.807, 2.05) is 0 Å². The second-order valence-corrected chi connectivity index (χ2v) is 4.42. The number of fused-ring (bicyclic) bond motifs is 1. The van der Waals surface area contributed by atoms with E-state index in [2.05, 4.69) is 15.4 Å². The highest BCUT2D eigenvalue weighted by atomic mass is 16.3. The van der Waals surface area contributed by atoms with Gasteiger partial charge < -0.3 is 5.11 Å². The fraction of sp³-hybridized carbons (Fsp3) is 0.889. The maximum absolute atomic E-state index is 10.0. The van der Waals surface area contributed by atoms with E-state index in [4.69, 9.17) is 0 Å². The summed E-state index contributed by atoms with van der Waals surface area (Å²) in [5, 5.41) is 21.6.